The topological polar surface area (TPSA) is 79.5 Å². The molecule has 0 aliphatic rings. The zero-order valence-electron chi connectivity index (χ0n) is 21.6. The molecule has 17 heteroatoms. The average molecular weight is 623 g/mol. The van der Waals surface area contributed by atoms with Crippen LogP contribution in [0.1, 0.15) is 51.5 Å². The summed E-state index contributed by atoms with van der Waals surface area (Å²) in [6.07, 6.45) is -15.0. The van der Waals surface area contributed by atoms with Crippen molar-refractivity contribution in [2.24, 2.45) is 0 Å². The van der Waals surface area contributed by atoms with Gasteiger partial charge in [0.05, 0.1) is 18.2 Å². The third-order valence-electron chi connectivity index (χ3n) is 5.62. The van der Waals surface area contributed by atoms with Crippen molar-refractivity contribution in [1.29, 1.82) is 0 Å². The minimum Gasteiger partial charge on any atom is -0.345 e. The summed E-state index contributed by atoms with van der Waals surface area (Å²) in [6.45, 7) is -2.68. The minimum absolute atomic E-state index is 0.00358. The molecule has 0 saturated carbocycles. The van der Waals surface area contributed by atoms with Crippen LogP contribution in [0.15, 0.2) is 30.3 Å². The highest BCUT2D eigenvalue weighted by Crippen LogP contribution is 2.32. The van der Waals surface area contributed by atoms with E-state index in [4.69, 9.17) is 0 Å². The molecule has 2 aromatic carbocycles. The van der Waals surface area contributed by atoms with Crippen LogP contribution in [0.3, 0.4) is 0 Å². The van der Waals surface area contributed by atoms with Gasteiger partial charge in [-0.25, -0.2) is 8.78 Å². The van der Waals surface area contributed by atoms with E-state index >= 15 is 0 Å². The van der Waals surface area contributed by atoms with E-state index < -0.39 is 85.3 Å². The minimum atomic E-state index is -4.95. The van der Waals surface area contributed by atoms with Gasteiger partial charge in [-0.1, -0.05) is 12.1 Å². The number of benzene rings is 2. The van der Waals surface area contributed by atoms with Gasteiger partial charge in [0, 0.05) is 5.56 Å². The maximum Gasteiger partial charge on any atom is 0.416 e. The Labute approximate surface area is 231 Å². The molecule has 1 unspecified atom stereocenters. The highest BCUT2D eigenvalue weighted by atomic mass is 19.4. The van der Waals surface area contributed by atoms with Crippen LogP contribution in [0.25, 0.3) is 0 Å². The molecule has 0 aliphatic carbocycles. The Kier molecular flexibility index (Phi) is 11.7. The summed E-state index contributed by atoms with van der Waals surface area (Å²) in [4.78, 5) is 28.4. The zero-order valence-corrected chi connectivity index (χ0v) is 21.6. The number of carbonyl (C=O) groups excluding carboxylic acids is 2. The zero-order chi connectivity index (χ0) is 31.9. The first-order chi connectivity index (χ1) is 19.3. The predicted molar refractivity (Wildman–Crippen MR) is 125 cm³/mol. The number of hydrogen-bond donors (Lipinski definition) is 3. The monoisotopic (exact) mass is 623 g/mol. The van der Waals surface area contributed by atoms with Crippen LogP contribution >= 0.6 is 0 Å². The molecule has 42 heavy (non-hydrogen) atoms. The summed E-state index contributed by atoms with van der Waals surface area (Å²) >= 11 is 0. The van der Waals surface area contributed by atoms with Crippen molar-refractivity contribution >= 4 is 11.8 Å². The third-order valence-corrected chi connectivity index (χ3v) is 5.62. The molecule has 0 spiro atoms. The predicted octanol–water partition coefficient (Wildman–Crippen LogP) is 5.85. The Hall–Kier alpha value is -3.47. The summed E-state index contributed by atoms with van der Waals surface area (Å²) in [5.41, 5.74) is 0.600. The van der Waals surface area contributed by atoms with E-state index in [9.17, 15) is 57.9 Å². The number of aryl methyl sites for hydroxylation is 2. The molecule has 0 fully saturated rings. The second-order valence-corrected chi connectivity index (χ2v) is 9.04. The van der Waals surface area contributed by atoms with Crippen molar-refractivity contribution in [3.63, 3.8) is 0 Å². The Morgan fingerprint density at radius 3 is 2.14 bits per heavy atom. The molecule has 6 nitrogen and oxygen atoms in total. The Balaban J connectivity index is 2.15. The van der Waals surface area contributed by atoms with E-state index in [1.54, 1.807) is 5.32 Å². The molecule has 2 amide bonds. The fourth-order valence-corrected chi connectivity index (χ4v) is 3.68. The molecular formula is C25H24F11N3O3. The van der Waals surface area contributed by atoms with Gasteiger partial charge in [-0.3, -0.25) is 14.4 Å². The van der Waals surface area contributed by atoms with Gasteiger partial charge >= 0.3 is 18.5 Å². The van der Waals surface area contributed by atoms with E-state index in [0.717, 1.165) is 0 Å². The highest BCUT2D eigenvalue weighted by Gasteiger charge is 2.33. The number of alkyl halides is 9. The quantitative estimate of drug-likeness (QED) is 0.205. The Morgan fingerprint density at radius 2 is 1.57 bits per heavy atom. The lowest BCUT2D eigenvalue weighted by Gasteiger charge is -2.21. The molecule has 0 aromatic heterocycles. The van der Waals surface area contributed by atoms with Crippen LogP contribution in [0, 0.1) is 18.6 Å². The van der Waals surface area contributed by atoms with Crippen LogP contribution in [0.2, 0.25) is 0 Å². The van der Waals surface area contributed by atoms with Crippen LogP contribution in [-0.2, 0) is 22.2 Å². The van der Waals surface area contributed by atoms with Crippen molar-refractivity contribution in [2.45, 2.75) is 50.8 Å². The first-order valence-electron chi connectivity index (χ1n) is 12.0. The first-order valence-corrected chi connectivity index (χ1v) is 12.0. The largest absolute Gasteiger partial charge is 0.416 e. The van der Waals surface area contributed by atoms with Gasteiger partial charge in [0.2, 0.25) is 5.91 Å². The maximum absolute atomic E-state index is 14.1. The number of hydrogen-bond acceptors (Lipinski definition) is 4. The van der Waals surface area contributed by atoms with Crippen molar-refractivity contribution in [2.75, 3.05) is 19.7 Å². The van der Waals surface area contributed by atoms with Gasteiger partial charge in [-0.05, 0) is 61.1 Å². The van der Waals surface area contributed by atoms with Crippen molar-refractivity contribution in [3.8, 4) is 0 Å². The van der Waals surface area contributed by atoms with Gasteiger partial charge in [-0.15, -0.1) is 0 Å². The van der Waals surface area contributed by atoms with E-state index in [1.807, 2.05) is 0 Å². The van der Waals surface area contributed by atoms with Crippen molar-refractivity contribution in [3.05, 3.63) is 69.8 Å². The molecule has 0 bridgehead atoms. The highest BCUT2D eigenvalue weighted by molar-refractivity contribution is 5.97. The number of amides is 2. The first kappa shape index (κ1) is 34.7. The van der Waals surface area contributed by atoms with Crippen LogP contribution in [0.5, 0.6) is 0 Å². The lowest BCUT2D eigenvalue weighted by atomic mass is 9.95. The Bertz CT molecular complexity index is 1250. The fourth-order valence-electron chi connectivity index (χ4n) is 3.68. The fraction of sp³-hybridized carbons (Fsp3) is 0.440. The molecule has 0 radical (unpaired) electrons. The van der Waals surface area contributed by atoms with Gasteiger partial charge in [0.15, 0.2) is 18.2 Å². The van der Waals surface area contributed by atoms with Crippen molar-refractivity contribution < 1.29 is 62.7 Å². The van der Waals surface area contributed by atoms with E-state index in [2.05, 4.69) is 15.6 Å². The lowest BCUT2D eigenvalue weighted by Crippen LogP contribution is -2.41. The van der Waals surface area contributed by atoms with Crippen LogP contribution < -0.4 is 16.1 Å². The lowest BCUT2D eigenvalue weighted by molar-refractivity contribution is -0.193. The molecule has 2 rings (SSSR count). The summed E-state index contributed by atoms with van der Waals surface area (Å²) in [5.74, 6) is -5.18. The van der Waals surface area contributed by atoms with E-state index in [0.29, 0.717) is 6.07 Å². The molecular weight excluding hydrogens is 599 g/mol. The molecule has 0 heterocycles. The summed E-state index contributed by atoms with van der Waals surface area (Å²) in [6, 6.07) is 3.22. The number of halogens is 11. The van der Waals surface area contributed by atoms with Gasteiger partial charge in [-0.2, -0.15) is 45.0 Å². The normalized spacial score (nSPS) is 13.1. The molecule has 3 N–H and O–H groups in total. The van der Waals surface area contributed by atoms with Crippen LogP contribution in [0.4, 0.5) is 48.3 Å². The van der Waals surface area contributed by atoms with E-state index in [1.165, 1.54) is 25.1 Å². The van der Waals surface area contributed by atoms with Gasteiger partial charge in [0.25, 0.3) is 5.91 Å². The number of rotatable bonds is 12. The molecule has 1 atom stereocenters. The SMILES string of the molecule is Cc1cc(C(CCCc2cc(C(F)(F)F)cc(F)c2F)NOCC(F)(F)F)ccc1C(=O)NCC(=O)NCC(F)(F)F. The van der Waals surface area contributed by atoms with Crippen LogP contribution in [-0.4, -0.2) is 43.9 Å². The maximum atomic E-state index is 14.1. The molecule has 2 aromatic rings. The second kappa shape index (κ2) is 14.1. The molecule has 0 saturated heterocycles. The van der Waals surface area contributed by atoms with Crippen molar-refractivity contribution in [1.82, 2.24) is 16.1 Å². The number of hydroxylamine groups is 1. The van der Waals surface area contributed by atoms with Gasteiger partial charge in [0.1, 0.15) is 6.54 Å². The van der Waals surface area contributed by atoms with Gasteiger partial charge < -0.3 is 10.6 Å². The summed E-state index contributed by atoms with van der Waals surface area (Å²) in [5, 5.41) is 3.69. The number of carbonyl (C=O) groups is 2. The average Bonchev–Trinajstić information content (AvgIpc) is 2.85. The molecule has 234 valence electrons. The van der Waals surface area contributed by atoms with E-state index in [-0.39, 0.29) is 35.6 Å². The number of nitrogens with one attached hydrogen (secondary N) is 3. The Morgan fingerprint density at radius 1 is 0.905 bits per heavy atom. The standard InChI is InChI=1S/C25H24F11N3O3/c1-13-7-14(5-6-17(13)22(41)37-10-20(40)38-11-23(28,29)30)19(39-42-12-24(31,32)33)4-2-3-15-8-16(25(34,35)36)9-18(26)21(15)27/h5-9,19,39H,2-4,10-12H2,1H3,(H,37,41)(H,38,40). The third kappa shape index (κ3) is 11.4. The smallest absolute Gasteiger partial charge is 0.345 e. The second-order valence-electron chi connectivity index (χ2n) is 9.04. The molecule has 0 aliphatic heterocycles. The summed E-state index contributed by atoms with van der Waals surface area (Å²) in [7, 11) is 0. The summed E-state index contributed by atoms with van der Waals surface area (Å²) < 4.78 is 141.